The lowest BCUT2D eigenvalue weighted by Crippen LogP contribution is -2.44. The molecule has 0 bridgehead atoms. The molecule has 37 heavy (non-hydrogen) atoms. The van der Waals surface area contributed by atoms with E-state index in [0.717, 1.165) is 11.1 Å². The van der Waals surface area contributed by atoms with E-state index in [-0.39, 0.29) is 30.8 Å². The first-order chi connectivity index (χ1) is 17.4. The summed E-state index contributed by atoms with van der Waals surface area (Å²) in [4.78, 5) is 36.4. The molecule has 198 valence electrons. The third-order valence-corrected chi connectivity index (χ3v) is 5.58. The van der Waals surface area contributed by atoms with E-state index in [2.05, 4.69) is 36.3 Å². The number of hydrogen-bond acceptors (Lipinski definition) is 5. The lowest BCUT2D eigenvalue weighted by molar-refractivity contribution is -0.139. The van der Waals surface area contributed by atoms with Crippen molar-refractivity contribution in [2.75, 3.05) is 13.2 Å². The summed E-state index contributed by atoms with van der Waals surface area (Å²) >= 11 is 0. The maximum atomic E-state index is 12.8. The van der Waals surface area contributed by atoms with Crippen molar-refractivity contribution in [3.8, 4) is 11.8 Å². The number of ether oxygens (including phenoxy) is 1. The van der Waals surface area contributed by atoms with Crippen LogP contribution in [0.15, 0.2) is 48.5 Å². The third kappa shape index (κ3) is 9.98. The predicted molar refractivity (Wildman–Crippen MR) is 141 cm³/mol. The van der Waals surface area contributed by atoms with E-state index in [1.807, 2.05) is 24.3 Å². The second-order valence-electron chi connectivity index (χ2n) is 10.1. The van der Waals surface area contributed by atoms with E-state index >= 15 is 0 Å². The van der Waals surface area contributed by atoms with Crippen LogP contribution < -0.4 is 10.6 Å². The molecule has 0 saturated carbocycles. The number of carboxylic acids is 1. The van der Waals surface area contributed by atoms with Gasteiger partial charge in [-0.05, 0) is 62.1 Å². The van der Waals surface area contributed by atoms with Crippen molar-refractivity contribution >= 4 is 18.0 Å². The Kier molecular flexibility index (Phi) is 10.7. The first-order valence-electron chi connectivity index (χ1n) is 12.2. The summed E-state index contributed by atoms with van der Waals surface area (Å²) in [5.74, 6) is 4.46. The van der Waals surface area contributed by atoms with Crippen LogP contribution in [-0.4, -0.2) is 53.0 Å². The quantitative estimate of drug-likeness (QED) is 0.383. The van der Waals surface area contributed by atoms with Gasteiger partial charge >= 0.3 is 12.1 Å². The van der Waals surface area contributed by atoms with Gasteiger partial charge in [-0.15, -0.1) is 0 Å². The van der Waals surface area contributed by atoms with E-state index in [1.54, 1.807) is 45.0 Å². The third-order valence-electron chi connectivity index (χ3n) is 5.58. The number of benzene rings is 2. The van der Waals surface area contributed by atoms with Gasteiger partial charge in [0.2, 0.25) is 0 Å². The van der Waals surface area contributed by atoms with Crippen LogP contribution in [0.2, 0.25) is 0 Å². The highest BCUT2D eigenvalue weighted by atomic mass is 16.6. The van der Waals surface area contributed by atoms with E-state index in [1.165, 1.54) is 0 Å². The van der Waals surface area contributed by atoms with Gasteiger partial charge in [0, 0.05) is 30.0 Å². The molecule has 8 nitrogen and oxygen atoms in total. The molecule has 0 aliphatic rings. The summed E-state index contributed by atoms with van der Waals surface area (Å²) in [6, 6.07) is 13.2. The Bertz CT molecular complexity index is 1120. The number of aliphatic hydroxyl groups is 1. The van der Waals surface area contributed by atoms with Crippen LogP contribution in [-0.2, 0) is 16.0 Å². The summed E-state index contributed by atoms with van der Waals surface area (Å²) in [6.45, 7) is 9.53. The summed E-state index contributed by atoms with van der Waals surface area (Å²) < 4.78 is 5.14. The van der Waals surface area contributed by atoms with Crippen molar-refractivity contribution in [3.63, 3.8) is 0 Å². The van der Waals surface area contributed by atoms with Crippen molar-refractivity contribution < 1.29 is 29.3 Å². The number of carboxylic acid groups (broad SMARTS) is 1. The lowest BCUT2D eigenvalue weighted by Gasteiger charge is -2.22. The highest BCUT2D eigenvalue weighted by Gasteiger charge is 2.24. The van der Waals surface area contributed by atoms with Crippen molar-refractivity contribution in [1.82, 2.24) is 10.6 Å². The second-order valence-corrected chi connectivity index (χ2v) is 10.1. The number of nitrogens with one attached hydrogen (secondary N) is 2. The maximum absolute atomic E-state index is 12.8. The topological polar surface area (TPSA) is 125 Å². The molecule has 0 saturated heterocycles. The SMILES string of the molecule is CC(C)C(CNC(=O)c1ccc(CC(NC(=O)OC(C)(C)C)C(=O)O)cc1)c1ccc(C#CCO)cc1. The molecule has 0 aromatic heterocycles. The number of aliphatic hydroxyl groups excluding tert-OH is 1. The molecule has 0 aliphatic carbocycles. The standard InChI is InChI=1S/C29H36N2O6/c1-19(2)24(22-12-8-20(9-13-22)7-6-16-32)18-30-26(33)23-14-10-21(11-15-23)17-25(27(34)35)31-28(36)37-29(3,4)5/h8-15,19,24-25,32H,16-18H2,1-5H3,(H,30,33)(H,31,36)(H,34,35). The van der Waals surface area contributed by atoms with Gasteiger partial charge in [0.25, 0.3) is 5.91 Å². The number of hydrogen-bond donors (Lipinski definition) is 4. The number of alkyl carbamates (subject to hydrolysis) is 1. The lowest BCUT2D eigenvalue weighted by atomic mass is 9.88. The maximum Gasteiger partial charge on any atom is 0.408 e. The average molecular weight is 509 g/mol. The zero-order valence-corrected chi connectivity index (χ0v) is 22.0. The summed E-state index contributed by atoms with van der Waals surface area (Å²) in [7, 11) is 0. The van der Waals surface area contributed by atoms with E-state index in [0.29, 0.717) is 17.7 Å². The molecule has 0 radical (unpaired) electrons. The number of aliphatic carboxylic acids is 1. The van der Waals surface area contributed by atoms with Crippen molar-refractivity contribution in [2.45, 2.75) is 58.6 Å². The number of rotatable bonds is 9. The Morgan fingerprint density at radius 1 is 1.00 bits per heavy atom. The van der Waals surface area contributed by atoms with Gasteiger partial charge in [-0.2, -0.15) is 0 Å². The largest absolute Gasteiger partial charge is 0.480 e. The molecular formula is C29H36N2O6. The van der Waals surface area contributed by atoms with Crippen molar-refractivity contribution in [2.24, 2.45) is 5.92 Å². The van der Waals surface area contributed by atoms with Crippen molar-refractivity contribution in [1.29, 1.82) is 0 Å². The zero-order chi connectivity index (χ0) is 27.6. The zero-order valence-electron chi connectivity index (χ0n) is 22.0. The Balaban J connectivity index is 2.00. The van der Waals surface area contributed by atoms with Crippen LogP contribution in [0.25, 0.3) is 0 Å². The van der Waals surface area contributed by atoms with Gasteiger partial charge < -0.3 is 25.6 Å². The fraction of sp³-hybridized carbons (Fsp3) is 0.414. The molecule has 2 aromatic carbocycles. The van der Waals surface area contributed by atoms with E-state index in [4.69, 9.17) is 9.84 Å². The minimum atomic E-state index is -1.18. The van der Waals surface area contributed by atoms with Crippen LogP contribution in [0.1, 0.15) is 67.6 Å². The normalized spacial score (nSPS) is 12.6. The minimum absolute atomic E-state index is 0.0462. The van der Waals surface area contributed by atoms with Crippen LogP contribution in [0.5, 0.6) is 0 Å². The fourth-order valence-corrected chi connectivity index (χ4v) is 3.68. The highest BCUT2D eigenvalue weighted by molar-refractivity contribution is 5.94. The minimum Gasteiger partial charge on any atom is -0.480 e. The van der Waals surface area contributed by atoms with Gasteiger partial charge in [0.05, 0.1) is 0 Å². The number of carbonyl (C=O) groups is 3. The average Bonchev–Trinajstić information content (AvgIpc) is 2.82. The molecule has 8 heteroatoms. The Morgan fingerprint density at radius 2 is 1.62 bits per heavy atom. The Morgan fingerprint density at radius 3 is 2.14 bits per heavy atom. The van der Waals surface area contributed by atoms with Crippen LogP contribution in [0.3, 0.4) is 0 Å². The van der Waals surface area contributed by atoms with Gasteiger partial charge in [-0.25, -0.2) is 9.59 Å². The smallest absolute Gasteiger partial charge is 0.408 e. The second kappa shape index (κ2) is 13.5. The summed E-state index contributed by atoms with van der Waals surface area (Å²) in [5, 5.41) is 23.7. The number of amides is 2. The Labute approximate surface area is 218 Å². The van der Waals surface area contributed by atoms with E-state index in [9.17, 15) is 19.5 Å². The van der Waals surface area contributed by atoms with E-state index < -0.39 is 23.7 Å². The molecule has 4 N–H and O–H groups in total. The molecule has 2 aromatic rings. The van der Waals surface area contributed by atoms with Crippen LogP contribution in [0, 0.1) is 17.8 Å². The molecular weight excluding hydrogens is 472 g/mol. The number of carbonyl (C=O) groups excluding carboxylic acids is 2. The molecule has 2 unspecified atom stereocenters. The molecule has 2 atom stereocenters. The van der Waals surface area contributed by atoms with Gasteiger partial charge in [-0.1, -0.05) is 50.0 Å². The first kappa shape index (κ1) is 29.4. The van der Waals surface area contributed by atoms with Gasteiger partial charge in [0.1, 0.15) is 18.2 Å². The molecule has 2 amide bonds. The summed E-state index contributed by atoms with van der Waals surface area (Å²) in [5.41, 5.74) is 2.26. The summed E-state index contributed by atoms with van der Waals surface area (Å²) in [6.07, 6.45) is -0.756. The van der Waals surface area contributed by atoms with Gasteiger partial charge in [0.15, 0.2) is 0 Å². The highest BCUT2D eigenvalue weighted by Crippen LogP contribution is 2.24. The van der Waals surface area contributed by atoms with Crippen molar-refractivity contribution in [3.05, 3.63) is 70.8 Å². The Hall–Kier alpha value is -3.83. The molecule has 0 spiro atoms. The monoisotopic (exact) mass is 508 g/mol. The van der Waals surface area contributed by atoms with Crippen LogP contribution in [0.4, 0.5) is 4.79 Å². The molecule has 0 fully saturated rings. The van der Waals surface area contributed by atoms with Gasteiger partial charge in [-0.3, -0.25) is 4.79 Å². The fourth-order valence-electron chi connectivity index (χ4n) is 3.68. The molecule has 0 heterocycles. The predicted octanol–water partition coefficient (Wildman–Crippen LogP) is 3.72. The molecule has 0 aliphatic heterocycles. The first-order valence-corrected chi connectivity index (χ1v) is 12.2. The van der Waals surface area contributed by atoms with Crippen LogP contribution >= 0.6 is 0 Å². The molecule has 2 rings (SSSR count).